The van der Waals surface area contributed by atoms with Crippen molar-refractivity contribution >= 4 is 17.3 Å². The first kappa shape index (κ1) is 12.8. The van der Waals surface area contributed by atoms with Gasteiger partial charge in [-0.1, -0.05) is 0 Å². The van der Waals surface area contributed by atoms with Gasteiger partial charge in [0.25, 0.3) is 0 Å². The summed E-state index contributed by atoms with van der Waals surface area (Å²) in [5, 5.41) is 12.0. The molecule has 0 aromatic heterocycles. The van der Waals surface area contributed by atoms with Gasteiger partial charge in [-0.05, 0) is 36.4 Å². The lowest BCUT2D eigenvalue weighted by molar-refractivity contribution is -0.114. The summed E-state index contributed by atoms with van der Waals surface area (Å²) < 4.78 is 5.55. The second-order valence-electron chi connectivity index (χ2n) is 4.03. The Bertz CT molecular complexity index is 594. The summed E-state index contributed by atoms with van der Waals surface area (Å²) in [6.45, 7) is 1.44. The Labute approximate surface area is 110 Å². The third-order valence-electron chi connectivity index (χ3n) is 2.40. The Hall–Kier alpha value is -2.69. The predicted molar refractivity (Wildman–Crippen MR) is 73.3 cm³/mol. The van der Waals surface area contributed by atoms with Crippen LogP contribution in [0.25, 0.3) is 0 Å². The quantitative estimate of drug-likeness (QED) is 0.583. The van der Waals surface area contributed by atoms with E-state index in [0.717, 1.165) is 0 Å². The van der Waals surface area contributed by atoms with E-state index in [1.807, 2.05) is 0 Å². The van der Waals surface area contributed by atoms with Crippen molar-refractivity contribution in [2.24, 2.45) is 0 Å². The number of amides is 1. The number of nitrogens with one attached hydrogen (secondary N) is 1. The molecule has 1 amide bonds. The fourth-order valence-electron chi connectivity index (χ4n) is 1.55. The molecule has 0 fully saturated rings. The zero-order chi connectivity index (χ0) is 13.8. The van der Waals surface area contributed by atoms with Gasteiger partial charge in [-0.25, -0.2) is 0 Å². The van der Waals surface area contributed by atoms with E-state index in [1.165, 1.54) is 19.1 Å². The topological polar surface area (TPSA) is 84.6 Å². The van der Waals surface area contributed by atoms with E-state index in [1.54, 1.807) is 30.3 Å². The van der Waals surface area contributed by atoms with E-state index in [2.05, 4.69) is 5.32 Å². The number of ether oxygens (including phenoxy) is 1. The number of rotatable bonds is 3. The molecule has 2 aromatic rings. The number of carbonyl (C=O) groups excluding carboxylic acids is 1. The smallest absolute Gasteiger partial charge is 0.221 e. The van der Waals surface area contributed by atoms with Crippen LogP contribution in [0.2, 0.25) is 0 Å². The summed E-state index contributed by atoms with van der Waals surface area (Å²) in [5.74, 6) is 0.892. The van der Waals surface area contributed by atoms with Crippen molar-refractivity contribution in [2.75, 3.05) is 11.1 Å². The van der Waals surface area contributed by atoms with Crippen LogP contribution in [0.1, 0.15) is 6.92 Å². The SMILES string of the molecule is CC(=O)Nc1ccc(Oc2cc(O)ccc2N)cc1. The molecule has 0 aliphatic rings. The minimum Gasteiger partial charge on any atom is -0.508 e. The number of phenolic OH excluding ortho intramolecular Hbond substituents is 1. The Morgan fingerprint density at radius 2 is 1.89 bits per heavy atom. The lowest BCUT2D eigenvalue weighted by Crippen LogP contribution is -2.05. The molecule has 0 bridgehead atoms. The van der Waals surface area contributed by atoms with Crippen LogP contribution in [-0.4, -0.2) is 11.0 Å². The fraction of sp³-hybridized carbons (Fsp3) is 0.0714. The van der Waals surface area contributed by atoms with Crippen molar-refractivity contribution < 1.29 is 14.6 Å². The third kappa shape index (κ3) is 3.38. The summed E-state index contributed by atoms with van der Waals surface area (Å²) in [5.41, 5.74) is 6.86. The molecular formula is C14H14N2O3. The molecule has 0 saturated carbocycles. The maximum atomic E-state index is 10.9. The zero-order valence-electron chi connectivity index (χ0n) is 10.4. The highest BCUT2D eigenvalue weighted by molar-refractivity contribution is 5.88. The first-order valence-electron chi connectivity index (χ1n) is 5.68. The zero-order valence-corrected chi connectivity index (χ0v) is 10.4. The molecule has 0 spiro atoms. The minimum atomic E-state index is -0.133. The van der Waals surface area contributed by atoms with Gasteiger partial charge in [-0.3, -0.25) is 4.79 Å². The van der Waals surface area contributed by atoms with Crippen LogP contribution in [0.5, 0.6) is 17.2 Å². The second-order valence-corrected chi connectivity index (χ2v) is 4.03. The van der Waals surface area contributed by atoms with E-state index in [-0.39, 0.29) is 11.7 Å². The minimum absolute atomic E-state index is 0.0825. The number of anilines is 2. The number of nitrogens with two attached hydrogens (primary N) is 1. The van der Waals surface area contributed by atoms with Crippen LogP contribution in [0.15, 0.2) is 42.5 Å². The second kappa shape index (κ2) is 5.30. The summed E-state index contributed by atoms with van der Waals surface area (Å²) in [4.78, 5) is 10.9. The molecule has 5 heteroatoms. The number of nitrogen functional groups attached to an aromatic ring is 1. The molecule has 19 heavy (non-hydrogen) atoms. The van der Waals surface area contributed by atoms with Gasteiger partial charge in [0.2, 0.25) is 5.91 Å². The molecule has 0 saturated heterocycles. The maximum absolute atomic E-state index is 10.9. The van der Waals surface area contributed by atoms with Crippen LogP contribution in [0, 0.1) is 0 Å². The molecular weight excluding hydrogens is 244 g/mol. The molecule has 0 aliphatic heterocycles. The standard InChI is InChI=1S/C14H14N2O3/c1-9(17)16-10-2-5-12(6-3-10)19-14-8-11(18)4-7-13(14)15/h2-8,18H,15H2,1H3,(H,16,17). The van der Waals surface area contributed by atoms with Crippen molar-refractivity contribution in [2.45, 2.75) is 6.92 Å². The average molecular weight is 258 g/mol. The van der Waals surface area contributed by atoms with E-state index in [0.29, 0.717) is 22.9 Å². The highest BCUT2D eigenvalue weighted by Gasteiger charge is 2.04. The van der Waals surface area contributed by atoms with E-state index in [4.69, 9.17) is 10.5 Å². The van der Waals surface area contributed by atoms with Gasteiger partial charge >= 0.3 is 0 Å². The number of aromatic hydroxyl groups is 1. The molecule has 0 unspecified atom stereocenters. The van der Waals surface area contributed by atoms with E-state index >= 15 is 0 Å². The highest BCUT2D eigenvalue weighted by Crippen LogP contribution is 2.31. The third-order valence-corrected chi connectivity index (χ3v) is 2.40. The lowest BCUT2D eigenvalue weighted by Gasteiger charge is -2.09. The average Bonchev–Trinajstić information content (AvgIpc) is 2.35. The Morgan fingerprint density at radius 3 is 2.53 bits per heavy atom. The van der Waals surface area contributed by atoms with Crippen molar-refractivity contribution in [3.63, 3.8) is 0 Å². The molecule has 2 rings (SSSR count). The van der Waals surface area contributed by atoms with Crippen LogP contribution >= 0.6 is 0 Å². The van der Waals surface area contributed by atoms with Gasteiger partial charge in [0.1, 0.15) is 11.5 Å². The first-order chi connectivity index (χ1) is 9.04. The molecule has 0 heterocycles. The van der Waals surface area contributed by atoms with Crippen molar-refractivity contribution in [3.05, 3.63) is 42.5 Å². The summed E-state index contributed by atoms with van der Waals surface area (Å²) in [6.07, 6.45) is 0. The van der Waals surface area contributed by atoms with Crippen LogP contribution in [0.4, 0.5) is 11.4 Å². The van der Waals surface area contributed by atoms with Crippen molar-refractivity contribution in [3.8, 4) is 17.2 Å². The predicted octanol–water partition coefficient (Wildman–Crippen LogP) is 2.73. The fourth-order valence-corrected chi connectivity index (χ4v) is 1.55. The Morgan fingerprint density at radius 1 is 1.21 bits per heavy atom. The van der Waals surface area contributed by atoms with Gasteiger partial charge in [0.15, 0.2) is 5.75 Å². The van der Waals surface area contributed by atoms with Gasteiger partial charge in [0, 0.05) is 18.7 Å². The molecule has 0 atom stereocenters. The molecule has 98 valence electrons. The van der Waals surface area contributed by atoms with E-state index < -0.39 is 0 Å². The number of hydrogen-bond donors (Lipinski definition) is 3. The lowest BCUT2D eigenvalue weighted by atomic mass is 10.2. The maximum Gasteiger partial charge on any atom is 0.221 e. The highest BCUT2D eigenvalue weighted by atomic mass is 16.5. The molecule has 0 aliphatic carbocycles. The summed E-state index contributed by atoms with van der Waals surface area (Å²) >= 11 is 0. The van der Waals surface area contributed by atoms with Crippen molar-refractivity contribution in [1.82, 2.24) is 0 Å². The first-order valence-corrected chi connectivity index (χ1v) is 5.68. The largest absolute Gasteiger partial charge is 0.508 e. The van der Waals surface area contributed by atoms with Crippen LogP contribution < -0.4 is 15.8 Å². The van der Waals surface area contributed by atoms with Gasteiger partial charge < -0.3 is 20.9 Å². The van der Waals surface area contributed by atoms with Crippen LogP contribution in [-0.2, 0) is 4.79 Å². The van der Waals surface area contributed by atoms with Crippen molar-refractivity contribution in [1.29, 1.82) is 0 Å². The number of hydrogen-bond acceptors (Lipinski definition) is 4. The summed E-state index contributed by atoms with van der Waals surface area (Å²) in [6, 6.07) is 11.3. The molecule has 4 N–H and O–H groups in total. The number of phenols is 1. The Kier molecular flexibility index (Phi) is 3.56. The number of benzene rings is 2. The van der Waals surface area contributed by atoms with Gasteiger partial charge in [-0.15, -0.1) is 0 Å². The molecule has 0 radical (unpaired) electrons. The van der Waals surface area contributed by atoms with Gasteiger partial charge in [0.05, 0.1) is 5.69 Å². The summed E-state index contributed by atoms with van der Waals surface area (Å²) in [7, 11) is 0. The van der Waals surface area contributed by atoms with Gasteiger partial charge in [-0.2, -0.15) is 0 Å². The molecule has 5 nitrogen and oxygen atoms in total. The molecule has 2 aromatic carbocycles. The number of carbonyl (C=O) groups is 1. The monoisotopic (exact) mass is 258 g/mol. The normalized spacial score (nSPS) is 9.95. The van der Waals surface area contributed by atoms with Crippen LogP contribution in [0.3, 0.4) is 0 Å². The van der Waals surface area contributed by atoms with E-state index in [9.17, 15) is 9.90 Å². The Balaban J connectivity index is 2.15.